The predicted molar refractivity (Wildman–Crippen MR) is 62.1 cm³/mol. The maximum absolute atomic E-state index is 13.5. The molecular weight excluding hydrogens is 208 g/mol. The normalized spacial score (nSPS) is 13.2. The minimum atomic E-state index is -0.542. The highest BCUT2D eigenvalue weighted by molar-refractivity contribution is 5.27. The summed E-state index contributed by atoms with van der Waals surface area (Å²) in [4.78, 5) is 0. The van der Waals surface area contributed by atoms with Crippen molar-refractivity contribution in [3.63, 3.8) is 0 Å². The zero-order chi connectivity index (χ0) is 12.3. The van der Waals surface area contributed by atoms with Crippen molar-refractivity contribution in [3.05, 3.63) is 34.9 Å². The molecule has 0 spiro atoms. The van der Waals surface area contributed by atoms with Crippen molar-refractivity contribution in [2.45, 2.75) is 39.7 Å². The first-order valence-electron chi connectivity index (χ1n) is 5.63. The predicted octanol–water partition coefficient (Wildman–Crippen LogP) is 3.71. The Morgan fingerprint density at radius 3 is 2.31 bits per heavy atom. The molecule has 0 amide bonds. The number of rotatable bonds is 4. The number of benzene rings is 1. The van der Waals surface area contributed by atoms with Gasteiger partial charge in [0.05, 0.1) is 0 Å². The highest BCUT2D eigenvalue weighted by atomic mass is 19.1. The van der Waals surface area contributed by atoms with E-state index in [1.807, 2.05) is 0 Å². The molecule has 0 fully saturated rings. The van der Waals surface area contributed by atoms with Crippen LogP contribution < -0.4 is 5.73 Å². The quantitative estimate of drug-likeness (QED) is 0.833. The Bertz CT molecular complexity index is 361. The first-order chi connectivity index (χ1) is 7.41. The summed E-state index contributed by atoms with van der Waals surface area (Å²) in [5.74, 6) is -0.521. The molecule has 0 heterocycles. The van der Waals surface area contributed by atoms with Gasteiger partial charge in [-0.05, 0) is 37.3 Å². The summed E-state index contributed by atoms with van der Waals surface area (Å²) in [6.45, 7) is 5.81. The van der Waals surface area contributed by atoms with Crippen molar-refractivity contribution in [1.29, 1.82) is 0 Å². The van der Waals surface area contributed by atoms with Crippen LogP contribution >= 0.6 is 0 Å². The zero-order valence-electron chi connectivity index (χ0n) is 10.1. The highest BCUT2D eigenvalue weighted by Crippen LogP contribution is 2.23. The van der Waals surface area contributed by atoms with Crippen molar-refractivity contribution in [3.8, 4) is 0 Å². The summed E-state index contributed by atoms with van der Waals surface area (Å²) in [6.07, 6.45) is 1.66. The van der Waals surface area contributed by atoms with Crippen LogP contribution in [0.4, 0.5) is 8.78 Å². The second kappa shape index (κ2) is 5.39. The van der Waals surface area contributed by atoms with E-state index in [1.165, 1.54) is 6.07 Å². The molecule has 0 radical (unpaired) electrons. The number of hydrogen-bond acceptors (Lipinski definition) is 1. The Morgan fingerprint density at radius 2 is 1.75 bits per heavy atom. The lowest BCUT2D eigenvalue weighted by Gasteiger charge is -2.15. The van der Waals surface area contributed by atoms with Crippen LogP contribution in [-0.4, -0.2) is 0 Å². The lowest BCUT2D eigenvalue weighted by molar-refractivity contribution is 0.486. The van der Waals surface area contributed by atoms with E-state index < -0.39 is 11.6 Å². The third-order valence-electron chi connectivity index (χ3n) is 2.73. The van der Waals surface area contributed by atoms with Gasteiger partial charge in [0.15, 0.2) is 0 Å². The summed E-state index contributed by atoms with van der Waals surface area (Å²) in [5, 5.41) is 0. The van der Waals surface area contributed by atoms with E-state index in [0.717, 1.165) is 18.9 Å². The lowest BCUT2D eigenvalue weighted by atomic mass is 9.97. The van der Waals surface area contributed by atoms with Crippen LogP contribution in [0.5, 0.6) is 0 Å². The first kappa shape index (κ1) is 13.1. The molecule has 1 aromatic carbocycles. The Labute approximate surface area is 95.7 Å². The van der Waals surface area contributed by atoms with Crippen LogP contribution in [-0.2, 0) is 0 Å². The summed E-state index contributed by atoms with van der Waals surface area (Å²) in [6, 6.07) is 2.08. The number of hydrogen-bond donors (Lipinski definition) is 1. The Kier molecular flexibility index (Phi) is 4.42. The molecule has 2 N–H and O–H groups in total. The maximum atomic E-state index is 13.5. The molecule has 1 nitrogen and oxygen atoms in total. The summed E-state index contributed by atoms with van der Waals surface area (Å²) >= 11 is 0. The van der Waals surface area contributed by atoms with Crippen molar-refractivity contribution < 1.29 is 8.78 Å². The van der Waals surface area contributed by atoms with Gasteiger partial charge >= 0.3 is 0 Å². The average molecular weight is 227 g/mol. The molecular formula is C13H19F2N. The fourth-order valence-electron chi connectivity index (χ4n) is 1.63. The maximum Gasteiger partial charge on any atom is 0.130 e. The molecule has 3 heteroatoms. The SMILES string of the molecule is Cc1cc(C(N)CCC(C)C)c(F)cc1F. The third kappa shape index (κ3) is 3.27. The van der Waals surface area contributed by atoms with Gasteiger partial charge in [-0.15, -0.1) is 0 Å². The van der Waals surface area contributed by atoms with Gasteiger partial charge in [0, 0.05) is 17.7 Å². The molecule has 1 unspecified atom stereocenters. The molecule has 0 aliphatic carbocycles. The van der Waals surface area contributed by atoms with E-state index in [9.17, 15) is 8.78 Å². The summed E-state index contributed by atoms with van der Waals surface area (Å²) in [5.41, 5.74) is 6.76. The molecule has 1 rings (SSSR count). The van der Waals surface area contributed by atoms with E-state index in [0.29, 0.717) is 17.0 Å². The summed E-state index contributed by atoms with van der Waals surface area (Å²) < 4.78 is 26.5. The van der Waals surface area contributed by atoms with Crippen LogP contribution in [0.3, 0.4) is 0 Å². The fourth-order valence-corrected chi connectivity index (χ4v) is 1.63. The topological polar surface area (TPSA) is 26.0 Å². The van der Waals surface area contributed by atoms with Gasteiger partial charge in [0.2, 0.25) is 0 Å². The molecule has 1 aromatic rings. The minimum absolute atomic E-state index is 0.346. The fraction of sp³-hybridized carbons (Fsp3) is 0.538. The van der Waals surface area contributed by atoms with Crippen molar-refractivity contribution in [2.24, 2.45) is 11.7 Å². The van der Waals surface area contributed by atoms with E-state index in [-0.39, 0.29) is 6.04 Å². The van der Waals surface area contributed by atoms with Crippen LogP contribution in [0.2, 0.25) is 0 Å². The van der Waals surface area contributed by atoms with Gasteiger partial charge in [-0.3, -0.25) is 0 Å². The second-order valence-corrected chi connectivity index (χ2v) is 4.70. The van der Waals surface area contributed by atoms with Crippen molar-refractivity contribution >= 4 is 0 Å². The third-order valence-corrected chi connectivity index (χ3v) is 2.73. The smallest absolute Gasteiger partial charge is 0.130 e. The first-order valence-corrected chi connectivity index (χ1v) is 5.63. The Morgan fingerprint density at radius 1 is 1.12 bits per heavy atom. The van der Waals surface area contributed by atoms with Gasteiger partial charge in [-0.1, -0.05) is 13.8 Å². The van der Waals surface area contributed by atoms with Crippen LogP contribution in [0.1, 0.15) is 43.9 Å². The van der Waals surface area contributed by atoms with Gasteiger partial charge in [-0.2, -0.15) is 0 Å². The van der Waals surface area contributed by atoms with Crippen molar-refractivity contribution in [1.82, 2.24) is 0 Å². The molecule has 0 aromatic heterocycles. The molecule has 16 heavy (non-hydrogen) atoms. The van der Waals surface area contributed by atoms with Gasteiger partial charge in [0.25, 0.3) is 0 Å². The van der Waals surface area contributed by atoms with E-state index in [1.54, 1.807) is 6.92 Å². The van der Waals surface area contributed by atoms with Crippen LogP contribution in [0, 0.1) is 24.5 Å². The largest absolute Gasteiger partial charge is 0.324 e. The monoisotopic (exact) mass is 227 g/mol. The second-order valence-electron chi connectivity index (χ2n) is 4.70. The molecule has 0 aliphatic heterocycles. The Balaban J connectivity index is 2.82. The van der Waals surface area contributed by atoms with Crippen LogP contribution in [0.15, 0.2) is 12.1 Å². The average Bonchev–Trinajstić information content (AvgIpc) is 2.20. The number of halogens is 2. The standard InChI is InChI=1S/C13H19F2N/c1-8(2)4-5-13(16)10-6-9(3)11(14)7-12(10)15/h6-8,13H,4-5,16H2,1-3H3. The van der Waals surface area contributed by atoms with E-state index >= 15 is 0 Å². The van der Waals surface area contributed by atoms with Gasteiger partial charge in [0.1, 0.15) is 11.6 Å². The van der Waals surface area contributed by atoms with Crippen LogP contribution in [0.25, 0.3) is 0 Å². The molecule has 0 bridgehead atoms. The van der Waals surface area contributed by atoms with E-state index in [2.05, 4.69) is 13.8 Å². The van der Waals surface area contributed by atoms with Gasteiger partial charge < -0.3 is 5.73 Å². The molecule has 90 valence electrons. The number of aryl methyl sites for hydroxylation is 1. The molecule has 0 saturated carbocycles. The molecule has 0 aliphatic rings. The van der Waals surface area contributed by atoms with Crippen molar-refractivity contribution in [2.75, 3.05) is 0 Å². The lowest BCUT2D eigenvalue weighted by Crippen LogP contribution is -2.13. The highest BCUT2D eigenvalue weighted by Gasteiger charge is 2.14. The molecule has 0 saturated heterocycles. The van der Waals surface area contributed by atoms with E-state index in [4.69, 9.17) is 5.73 Å². The molecule has 1 atom stereocenters. The number of nitrogens with two attached hydrogens (primary N) is 1. The Hall–Kier alpha value is -0.960. The summed E-state index contributed by atoms with van der Waals surface area (Å²) in [7, 11) is 0. The van der Waals surface area contributed by atoms with Gasteiger partial charge in [-0.25, -0.2) is 8.78 Å². The zero-order valence-corrected chi connectivity index (χ0v) is 10.1. The minimum Gasteiger partial charge on any atom is -0.324 e.